The number of anilines is 1. The Balaban J connectivity index is 1.84. The average Bonchev–Trinajstić information content (AvgIpc) is 2.96. The summed E-state index contributed by atoms with van der Waals surface area (Å²) in [4.78, 5) is 6.79. The fraction of sp³-hybridized carbons (Fsp3) is 0.500. The van der Waals surface area contributed by atoms with Crippen LogP contribution >= 0.6 is 11.8 Å². The van der Waals surface area contributed by atoms with Crippen molar-refractivity contribution in [3.63, 3.8) is 0 Å². The molecule has 1 fully saturated rings. The van der Waals surface area contributed by atoms with E-state index in [1.165, 1.54) is 5.82 Å². The maximum Gasteiger partial charge on any atom is 0.138 e. The number of rotatable bonds is 3. The molecule has 0 saturated carbocycles. The normalized spacial score (nSPS) is 18.9. The fourth-order valence-corrected chi connectivity index (χ4v) is 3.58. The van der Waals surface area contributed by atoms with Crippen molar-refractivity contribution in [1.82, 2.24) is 9.38 Å². The van der Waals surface area contributed by atoms with Gasteiger partial charge in [0.2, 0.25) is 0 Å². The Bertz CT molecular complexity index is 551. The van der Waals surface area contributed by atoms with Crippen LogP contribution in [0.3, 0.4) is 0 Å². The van der Waals surface area contributed by atoms with E-state index in [1.54, 1.807) is 0 Å². The molecule has 1 saturated heterocycles. The Morgan fingerprint density at radius 3 is 2.84 bits per heavy atom. The molecular weight excluding hydrogens is 256 g/mol. The van der Waals surface area contributed by atoms with Gasteiger partial charge in [0, 0.05) is 36.8 Å². The molecule has 0 bridgehead atoms. The Labute approximate surface area is 118 Å². The van der Waals surface area contributed by atoms with Crippen molar-refractivity contribution >= 4 is 23.2 Å². The number of nitrogens with two attached hydrogens (primary N) is 1. The van der Waals surface area contributed by atoms with Crippen molar-refractivity contribution in [2.75, 3.05) is 30.8 Å². The quantitative estimate of drug-likeness (QED) is 0.931. The standard InChI is InChI=1S/C14H20N4S/c1-19-14(11-15)5-8-17(9-6-14)13-4-2-3-12-16-7-10-18(12)13/h2-4,7,10H,5-6,8-9,11,15H2,1H3. The summed E-state index contributed by atoms with van der Waals surface area (Å²) in [6.07, 6.45) is 8.36. The van der Waals surface area contributed by atoms with Gasteiger partial charge in [0.15, 0.2) is 0 Å². The zero-order chi connectivity index (χ0) is 13.3. The predicted molar refractivity (Wildman–Crippen MR) is 81.9 cm³/mol. The van der Waals surface area contributed by atoms with Gasteiger partial charge in [0.25, 0.3) is 0 Å². The molecule has 5 heteroatoms. The first-order valence-corrected chi connectivity index (χ1v) is 7.93. The van der Waals surface area contributed by atoms with E-state index in [9.17, 15) is 0 Å². The Morgan fingerprint density at radius 2 is 2.16 bits per heavy atom. The molecule has 3 rings (SSSR count). The van der Waals surface area contributed by atoms with Gasteiger partial charge in [-0.05, 0) is 31.2 Å². The summed E-state index contributed by atoms with van der Waals surface area (Å²) < 4.78 is 2.44. The SMILES string of the molecule is CSC1(CN)CCN(c2cccc3nccn23)CC1. The van der Waals surface area contributed by atoms with E-state index in [0.29, 0.717) is 0 Å². The number of thioether (sulfide) groups is 1. The van der Waals surface area contributed by atoms with Crippen LogP contribution in [0.1, 0.15) is 12.8 Å². The van der Waals surface area contributed by atoms with Gasteiger partial charge in [-0.2, -0.15) is 11.8 Å². The molecule has 0 amide bonds. The van der Waals surface area contributed by atoms with Crippen molar-refractivity contribution in [2.24, 2.45) is 5.73 Å². The number of hydrogen-bond donors (Lipinski definition) is 1. The molecule has 1 aliphatic heterocycles. The highest BCUT2D eigenvalue weighted by molar-refractivity contribution is 8.00. The highest BCUT2D eigenvalue weighted by atomic mass is 32.2. The van der Waals surface area contributed by atoms with Crippen LogP contribution in [0, 0.1) is 0 Å². The lowest BCUT2D eigenvalue weighted by Crippen LogP contribution is -2.47. The summed E-state index contributed by atoms with van der Waals surface area (Å²) in [5.41, 5.74) is 6.96. The van der Waals surface area contributed by atoms with Gasteiger partial charge in [0.1, 0.15) is 11.5 Å². The summed E-state index contributed by atoms with van der Waals surface area (Å²) in [6.45, 7) is 2.90. The minimum absolute atomic E-state index is 0.277. The largest absolute Gasteiger partial charge is 0.358 e. The minimum Gasteiger partial charge on any atom is -0.358 e. The smallest absolute Gasteiger partial charge is 0.138 e. The summed E-state index contributed by atoms with van der Waals surface area (Å²) in [7, 11) is 0. The maximum absolute atomic E-state index is 5.95. The van der Waals surface area contributed by atoms with E-state index < -0.39 is 0 Å². The third-order valence-electron chi connectivity index (χ3n) is 4.21. The lowest BCUT2D eigenvalue weighted by atomic mass is 9.96. The van der Waals surface area contributed by atoms with E-state index in [4.69, 9.17) is 5.73 Å². The molecule has 0 radical (unpaired) electrons. The number of aromatic nitrogens is 2. The summed E-state index contributed by atoms with van der Waals surface area (Å²) in [5.74, 6) is 1.24. The van der Waals surface area contributed by atoms with Gasteiger partial charge in [-0.15, -0.1) is 0 Å². The minimum atomic E-state index is 0.277. The highest BCUT2D eigenvalue weighted by Crippen LogP contribution is 2.35. The van der Waals surface area contributed by atoms with Crippen LogP contribution in [0.25, 0.3) is 5.65 Å². The topological polar surface area (TPSA) is 46.6 Å². The maximum atomic E-state index is 5.95. The zero-order valence-electron chi connectivity index (χ0n) is 11.2. The molecule has 0 spiro atoms. The first kappa shape index (κ1) is 12.8. The third kappa shape index (κ3) is 2.21. The number of piperidine rings is 1. The van der Waals surface area contributed by atoms with Crippen molar-refractivity contribution in [2.45, 2.75) is 17.6 Å². The number of nitrogens with zero attached hydrogens (tertiary/aromatic N) is 3. The van der Waals surface area contributed by atoms with Crippen LogP contribution in [0.5, 0.6) is 0 Å². The highest BCUT2D eigenvalue weighted by Gasteiger charge is 2.33. The van der Waals surface area contributed by atoms with Crippen molar-refractivity contribution in [1.29, 1.82) is 0 Å². The first-order valence-electron chi connectivity index (χ1n) is 6.70. The summed E-state index contributed by atoms with van der Waals surface area (Å²) >= 11 is 1.92. The molecule has 19 heavy (non-hydrogen) atoms. The molecule has 2 aromatic heterocycles. The molecule has 0 aliphatic carbocycles. The van der Waals surface area contributed by atoms with Gasteiger partial charge >= 0.3 is 0 Å². The molecule has 0 unspecified atom stereocenters. The van der Waals surface area contributed by atoms with Crippen molar-refractivity contribution in [3.05, 3.63) is 30.6 Å². The molecule has 0 aromatic carbocycles. The number of pyridine rings is 1. The van der Waals surface area contributed by atoms with Crippen LogP contribution in [0.15, 0.2) is 30.6 Å². The lowest BCUT2D eigenvalue weighted by Gasteiger charge is -2.41. The second-order valence-corrected chi connectivity index (χ2v) is 6.39. The van der Waals surface area contributed by atoms with Crippen LogP contribution < -0.4 is 10.6 Å². The molecule has 0 atom stereocenters. The van der Waals surface area contributed by atoms with Crippen LogP contribution in [-0.4, -0.2) is 40.0 Å². The molecule has 4 nitrogen and oxygen atoms in total. The van der Waals surface area contributed by atoms with E-state index >= 15 is 0 Å². The number of imidazole rings is 1. The van der Waals surface area contributed by atoms with Crippen LogP contribution in [0.4, 0.5) is 5.82 Å². The molecule has 102 valence electrons. The third-order valence-corrected chi connectivity index (χ3v) is 5.65. The molecule has 2 N–H and O–H groups in total. The van der Waals surface area contributed by atoms with Crippen LogP contribution in [0.2, 0.25) is 0 Å². The molecule has 1 aliphatic rings. The average molecular weight is 276 g/mol. The zero-order valence-corrected chi connectivity index (χ0v) is 12.1. The van der Waals surface area contributed by atoms with Gasteiger partial charge in [-0.3, -0.25) is 4.40 Å². The molecule has 3 heterocycles. The van der Waals surface area contributed by atoms with Crippen molar-refractivity contribution < 1.29 is 0 Å². The molecular formula is C14H20N4S. The monoisotopic (exact) mass is 276 g/mol. The van der Waals surface area contributed by atoms with Gasteiger partial charge < -0.3 is 10.6 Å². The number of hydrogen-bond acceptors (Lipinski definition) is 4. The Morgan fingerprint density at radius 1 is 1.37 bits per heavy atom. The summed E-state index contributed by atoms with van der Waals surface area (Å²) in [5, 5.41) is 0. The second kappa shape index (κ2) is 5.06. The second-order valence-electron chi connectivity index (χ2n) is 5.12. The van der Waals surface area contributed by atoms with Crippen molar-refractivity contribution in [3.8, 4) is 0 Å². The molecule has 2 aromatic rings. The Kier molecular flexibility index (Phi) is 3.41. The fourth-order valence-electron chi connectivity index (χ4n) is 2.83. The van der Waals surface area contributed by atoms with Gasteiger partial charge in [-0.25, -0.2) is 4.98 Å². The van der Waals surface area contributed by atoms with E-state index in [-0.39, 0.29) is 4.75 Å². The van der Waals surface area contributed by atoms with E-state index in [1.807, 2.05) is 30.2 Å². The lowest BCUT2D eigenvalue weighted by molar-refractivity contribution is 0.454. The van der Waals surface area contributed by atoms with Gasteiger partial charge in [-0.1, -0.05) is 6.07 Å². The number of fused-ring (bicyclic) bond motifs is 1. The van der Waals surface area contributed by atoms with Gasteiger partial charge in [0.05, 0.1) is 0 Å². The predicted octanol–water partition coefficient (Wildman–Crippen LogP) is 2.00. The summed E-state index contributed by atoms with van der Waals surface area (Å²) in [6, 6.07) is 6.29. The van der Waals surface area contributed by atoms with E-state index in [2.05, 4.69) is 32.7 Å². The Hall–Kier alpha value is -1.20. The van der Waals surface area contributed by atoms with Crippen LogP contribution in [-0.2, 0) is 0 Å². The van der Waals surface area contributed by atoms with E-state index in [0.717, 1.165) is 38.1 Å². The first-order chi connectivity index (χ1) is 9.28.